The van der Waals surface area contributed by atoms with Gasteiger partial charge in [-0.2, -0.15) is 0 Å². The zero-order chi connectivity index (χ0) is 14.4. The number of aliphatic carboxylic acids is 1. The largest absolute Gasteiger partial charge is 0.481 e. The first-order chi connectivity index (χ1) is 8.90. The van der Waals surface area contributed by atoms with Crippen molar-refractivity contribution < 1.29 is 14.7 Å². The molecular formula is C13H18N2O4. The summed E-state index contributed by atoms with van der Waals surface area (Å²) in [5, 5.41) is 11.2. The van der Waals surface area contributed by atoms with Gasteiger partial charge in [-0.1, -0.05) is 6.92 Å². The average Bonchev–Trinajstić information content (AvgIpc) is 2.36. The summed E-state index contributed by atoms with van der Waals surface area (Å²) >= 11 is 0. The fraction of sp³-hybridized carbons (Fsp3) is 0.462. The van der Waals surface area contributed by atoms with Crippen molar-refractivity contribution in [3.8, 4) is 0 Å². The third-order valence-electron chi connectivity index (χ3n) is 2.83. The number of carboxylic acid groups (broad SMARTS) is 1. The van der Waals surface area contributed by atoms with Crippen LogP contribution in [0.15, 0.2) is 23.1 Å². The number of pyridine rings is 1. The Morgan fingerprint density at radius 1 is 1.47 bits per heavy atom. The standard InChI is InChI=1S/C13H18N2O4/c1-9(3-4-12(17)18)8-14-13(19)10-5-6-15(2)11(16)7-10/h5-7,9H,3-4,8H2,1-2H3,(H,14,19)(H,17,18). The number of hydrogen-bond donors (Lipinski definition) is 2. The zero-order valence-electron chi connectivity index (χ0n) is 11.0. The van der Waals surface area contributed by atoms with E-state index in [4.69, 9.17) is 5.11 Å². The zero-order valence-corrected chi connectivity index (χ0v) is 11.0. The fourth-order valence-corrected chi connectivity index (χ4v) is 1.53. The number of rotatable bonds is 6. The summed E-state index contributed by atoms with van der Waals surface area (Å²) in [5.41, 5.74) is 0.0695. The summed E-state index contributed by atoms with van der Waals surface area (Å²) in [6.45, 7) is 2.26. The van der Waals surface area contributed by atoms with Gasteiger partial charge in [0.1, 0.15) is 0 Å². The average molecular weight is 266 g/mol. The van der Waals surface area contributed by atoms with Crippen molar-refractivity contribution in [3.05, 3.63) is 34.2 Å². The molecule has 6 nitrogen and oxygen atoms in total. The number of aromatic nitrogens is 1. The Labute approximate surface area is 111 Å². The van der Waals surface area contributed by atoms with Crippen LogP contribution < -0.4 is 10.9 Å². The highest BCUT2D eigenvalue weighted by Crippen LogP contribution is 2.04. The Hall–Kier alpha value is -2.11. The molecule has 1 unspecified atom stereocenters. The molecule has 1 rings (SSSR count). The van der Waals surface area contributed by atoms with E-state index in [0.29, 0.717) is 18.5 Å². The van der Waals surface area contributed by atoms with E-state index in [1.807, 2.05) is 6.92 Å². The van der Waals surface area contributed by atoms with Gasteiger partial charge in [-0.05, 0) is 18.4 Å². The van der Waals surface area contributed by atoms with Crippen LogP contribution in [0.1, 0.15) is 30.1 Å². The van der Waals surface area contributed by atoms with Crippen LogP contribution in [0, 0.1) is 5.92 Å². The molecule has 104 valence electrons. The summed E-state index contributed by atoms with van der Waals surface area (Å²) in [6, 6.07) is 2.84. The van der Waals surface area contributed by atoms with Gasteiger partial charge in [0.2, 0.25) is 0 Å². The minimum absolute atomic E-state index is 0.0756. The molecule has 1 aromatic rings. The molecule has 6 heteroatoms. The van der Waals surface area contributed by atoms with Gasteiger partial charge in [0.25, 0.3) is 11.5 Å². The smallest absolute Gasteiger partial charge is 0.303 e. The van der Waals surface area contributed by atoms with Crippen molar-refractivity contribution in [2.45, 2.75) is 19.8 Å². The van der Waals surface area contributed by atoms with Gasteiger partial charge in [-0.3, -0.25) is 14.4 Å². The van der Waals surface area contributed by atoms with Gasteiger partial charge in [0.15, 0.2) is 0 Å². The van der Waals surface area contributed by atoms with Gasteiger partial charge in [-0.15, -0.1) is 0 Å². The first-order valence-electron chi connectivity index (χ1n) is 6.07. The summed E-state index contributed by atoms with van der Waals surface area (Å²) in [5.74, 6) is -1.09. The van der Waals surface area contributed by atoms with E-state index in [0.717, 1.165) is 0 Å². The van der Waals surface area contributed by atoms with Crippen LogP contribution in [0.3, 0.4) is 0 Å². The maximum absolute atomic E-state index is 11.8. The van der Waals surface area contributed by atoms with Crippen molar-refractivity contribution >= 4 is 11.9 Å². The van der Waals surface area contributed by atoms with Crippen LogP contribution in [-0.4, -0.2) is 28.1 Å². The lowest BCUT2D eigenvalue weighted by molar-refractivity contribution is -0.137. The van der Waals surface area contributed by atoms with E-state index in [2.05, 4.69) is 5.32 Å². The normalized spacial score (nSPS) is 11.9. The molecule has 0 bridgehead atoms. The third-order valence-corrected chi connectivity index (χ3v) is 2.83. The van der Waals surface area contributed by atoms with E-state index in [9.17, 15) is 14.4 Å². The first-order valence-corrected chi connectivity index (χ1v) is 6.07. The Bertz CT molecular complexity index is 522. The first kappa shape index (κ1) is 14.9. The van der Waals surface area contributed by atoms with Gasteiger partial charge >= 0.3 is 5.97 Å². The lowest BCUT2D eigenvalue weighted by Crippen LogP contribution is -2.30. The fourth-order valence-electron chi connectivity index (χ4n) is 1.53. The van der Waals surface area contributed by atoms with Gasteiger partial charge in [-0.25, -0.2) is 0 Å². The SMILES string of the molecule is CC(CCC(=O)O)CNC(=O)c1ccn(C)c(=O)c1. The summed E-state index contributed by atoms with van der Waals surface area (Å²) in [6.07, 6.45) is 2.13. The number of aryl methyl sites for hydroxylation is 1. The highest BCUT2D eigenvalue weighted by molar-refractivity contribution is 5.93. The van der Waals surface area contributed by atoms with Crippen molar-refractivity contribution in [1.82, 2.24) is 9.88 Å². The van der Waals surface area contributed by atoms with E-state index in [1.54, 1.807) is 13.1 Å². The molecular weight excluding hydrogens is 248 g/mol. The monoisotopic (exact) mass is 266 g/mol. The number of amides is 1. The number of carbonyl (C=O) groups excluding carboxylic acids is 1. The Morgan fingerprint density at radius 2 is 2.16 bits per heavy atom. The number of carbonyl (C=O) groups is 2. The highest BCUT2D eigenvalue weighted by Gasteiger charge is 2.10. The van der Waals surface area contributed by atoms with Crippen LogP contribution in [0.5, 0.6) is 0 Å². The molecule has 2 N–H and O–H groups in total. The molecule has 1 amide bonds. The predicted octanol–water partition coefficient (Wildman–Crippen LogP) is 0.616. The van der Waals surface area contributed by atoms with Gasteiger partial charge in [0.05, 0.1) is 0 Å². The van der Waals surface area contributed by atoms with E-state index >= 15 is 0 Å². The molecule has 0 aromatic carbocycles. The second-order valence-electron chi connectivity index (χ2n) is 4.61. The van der Waals surface area contributed by atoms with Gasteiger partial charge in [0, 0.05) is 37.8 Å². The second-order valence-corrected chi connectivity index (χ2v) is 4.61. The maximum Gasteiger partial charge on any atom is 0.303 e. The third kappa shape index (κ3) is 4.95. The molecule has 0 aliphatic heterocycles. The van der Waals surface area contributed by atoms with Crippen molar-refractivity contribution in [2.24, 2.45) is 13.0 Å². The molecule has 19 heavy (non-hydrogen) atoms. The van der Waals surface area contributed by atoms with Crippen molar-refractivity contribution in [2.75, 3.05) is 6.54 Å². The molecule has 0 radical (unpaired) electrons. The lowest BCUT2D eigenvalue weighted by Gasteiger charge is -2.11. The minimum atomic E-state index is -0.843. The topological polar surface area (TPSA) is 88.4 Å². The van der Waals surface area contributed by atoms with Crippen LogP contribution in [0.2, 0.25) is 0 Å². The number of carboxylic acids is 1. The van der Waals surface area contributed by atoms with Crippen LogP contribution in [0.4, 0.5) is 0 Å². The van der Waals surface area contributed by atoms with E-state index < -0.39 is 5.97 Å². The molecule has 0 saturated heterocycles. The van der Waals surface area contributed by atoms with E-state index in [1.165, 1.54) is 16.8 Å². The molecule has 1 heterocycles. The quantitative estimate of drug-likeness (QED) is 0.789. The van der Waals surface area contributed by atoms with E-state index in [-0.39, 0.29) is 23.8 Å². The molecule has 0 aliphatic carbocycles. The summed E-state index contributed by atoms with van der Waals surface area (Å²) in [4.78, 5) is 33.6. The van der Waals surface area contributed by atoms with Crippen LogP contribution in [-0.2, 0) is 11.8 Å². The van der Waals surface area contributed by atoms with Crippen molar-refractivity contribution in [1.29, 1.82) is 0 Å². The summed E-state index contributed by atoms with van der Waals surface area (Å²) < 4.78 is 1.38. The number of nitrogens with zero attached hydrogens (tertiary/aromatic N) is 1. The van der Waals surface area contributed by atoms with Gasteiger partial charge < -0.3 is 15.0 Å². The molecule has 0 spiro atoms. The number of nitrogens with one attached hydrogen (secondary N) is 1. The maximum atomic E-state index is 11.8. The van der Waals surface area contributed by atoms with Crippen LogP contribution >= 0.6 is 0 Å². The molecule has 0 fully saturated rings. The lowest BCUT2D eigenvalue weighted by atomic mass is 10.1. The Morgan fingerprint density at radius 3 is 2.74 bits per heavy atom. The molecule has 1 atom stereocenters. The second kappa shape index (κ2) is 6.72. The minimum Gasteiger partial charge on any atom is -0.481 e. The highest BCUT2D eigenvalue weighted by atomic mass is 16.4. The van der Waals surface area contributed by atoms with Crippen LogP contribution in [0.25, 0.3) is 0 Å². The molecule has 0 aliphatic rings. The van der Waals surface area contributed by atoms with Crippen molar-refractivity contribution in [3.63, 3.8) is 0 Å². The summed E-state index contributed by atoms with van der Waals surface area (Å²) in [7, 11) is 1.61. The molecule has 0 saturated carbocycles. The predicted molar refractivity (Wildman–Crippen MR) is 70.1 cm³/mol. The molecule has 1 aromatic heterocycles. The Kier molecular flexibility index (Phi) is 5.29. The Balaban J connectivity index is 2.49. The number of hydrogen-bond acceptors (Lipinski definition) is 3.